The third-order valence-electron chi connectivity index (χ3n) is 3.88. The quantitative estimate of drug-likeness (QED) is 0.907. The Morgan fingerprint density at radius 1 is 1.32 bits per heavy atom. The van der Waals surface area contributed by atoms with Gasteiger partial charge in [0.25, 0.3) is 0 Å². The molecule has 106 valence electrons. The normalized spacial score (nSPS) is 18.7. The van der Waals surface area contributed by atoms with E-state index in [1.807, 2.05) is 7.05 Å². The smallest absolute Gasteiger partial charge is 0.137 e. The van der Waals surface area contributed by atoms with Gasteiger partial charge in [-0.1, -0.05) is 27.7 Å². The number of nitrogens with zero attached hydrogens (tertiary/aromatic N) is 3. The lowest BCUT2D eigenvalue weighted by Crippen LogP contribution is -2.41. The summed E-state index contributed by atoms with van der Waals surface area (Å²) >= 11 is 0. The molecule has 1 aromatic heterocycles. The molecule has 0 bridgehead atoms. The minimum Gasteiger partial charge on any atom is -0.373 e. The first-order chi connectivity index (χ1) is 8.94. The molecule has 0 unspecified atom stereocenters. The van der Waals surface area contributed by atoms with Crippen LogP contribution in [0.15, 0.2) is 6.33 Å². The number of hydrogen-bond acceptors (Lipinski definition) is 4. The topological polar surface area (TPSA) is 41.1 Å². The predicted molar refractivity (Wildman–Crippen MR) is 80.9 cm³/mol. The summed E-state index contributed by atoms with van der Waals surface area (Å²) in [6.45, 7) is 11.3. The highest BCUT2D eigenvalue weighted by molar-refractivity contribution is 5.60. The van der Waals surface area contributed by atoms with Crippen LogP contribution in [-0.4, -0.2) is 30.1 Å². The summed E-state index contributed by atoms with van der Waals surface area (Å²) in [6.07, 6.45) is 4.21. The highest BCUT2D eigenvalue weighted by atomic mass is 15.2. The highest BCUT2D eigenvalue weighted by Crippen LogP contribution is 2.36. The first kappa shape index (κ1) is 14.1. The van der Waals surface area contributed by atoms with E-state index in [1.54, 1.807) is 6.33 Å². The molecular formula is C15H26N4. The van der Waals surface area contributed by atoms with E-state index in [4.69, 9.17) is 0 Å². The molecule has 1 fully saturated rings. The van der Waals surface area contributed by atoms with Crippen LogP contribution in [0.3, 0.4) is 0 Å². The van der Waals surface area contributed by atoms with Crippen molar-refractivity contribution in [3.63, 3.8) is 0 Å². The van der Waals surface area contributed by atoms with E-state index in [0.717, 1.165) is 24.7 Å². The first-order valence-electron chi connectivity index (χ1n) is 7.22. The summed E-state index contributed by atoms with van der Waals surface area (Å²) in [5.74, 6) is 2.49. The van der Waals surface area contributed by atoms with Crippen molar-refractivity contribution in [3.05, 3.63) is 11.9 Å². The summed E-state index contributed by atoms with van der Waals surface area (Å²) in [6, 6.07) is 0. The van der Waals surface area contributed by atoms with Gasteiger partial charge in [-0.15, -0.1) is 0 Å². The standard InChI is InChI=1S/C15H26N4/c1-11(2)12-13(16-5)17-10-18-14(12)19-8-6-7-15(3,4)9-19/h10-11H,6-9H2,1-5H3,(H,16,17,18). The van der Waals surface area contributed by atoms with Gasteiger partial charge < -0.3 is 10.2 Å². The molecule has 0 amide bonds. The zero-order valence-corrected chi connectivity index (χ0v) is 12.8. The molecule has 2 rings (SSSR count). The van der Waals surface area contributed by atoms with Crippen LogP contribution in [0.4, 0.5) is 11.6 Å². The number of rotatable bonds is 3. The molecule has 4 nitrogen and oxygen atoms in total. The first-order valence-corrected chi connectivity index (χ1v) is 7.22. The number of anilines is 2. The Hall–Kier alpha value is -1.32. The van der Waals surface area contributed by atoms with Gasteiger partial charge in [-0.3, -0.25) is 0 Å². The second-order valence-electron chi connectivity index (χ2n) is 6.55. The van der Waals surface area contributed by atoms with Gasteiger partial charge in [-0.25, -0.2) is 9.97 Å². The number of hydrogen-bond donors (Lipinski definition) is 1. The predicted octanol–water partition coefficient (Wildman–Crippen LogP) is 3.27. The Bertz CT molecular complexity index is 440. The Kier molecular flexibility index (Phi) is 3.97. The molecule has 1 aliphatic heterocycles. The van der Waals surface area contributed by atoms with Crippen molar-refractivity contribution in [2.45, 2.75) is 46.5 Å². The fourth-order valence-corrected chi connectivity index (χ4v) is 2.97. The Morgan fingerprint density at radius 2 is 2.05 bits per heavy atom. The lowest BCUT2D eigenvalue weighted by atomic mass is 9.84. The average molecular weight is 262 g/mol. The van der Waals surface area contributed by atoms with Crippen LogP contribution in [0, 0.1) is 5.41 Å². The summed E-state index contributed by atoms with van der Waals surface area (Å²) in [7, 11) is 1.93. The second-order valence-corrected chi connectivity index (χ2v) is 6.55. The van der Waals surface area contributed by atoms with Crippen LogP contribution in [0.2, 0.25) is 0 Å². The summed E-state index contributed by atoms with van der Waals surface area (Å²) in [4.78, 5) is 11.4. The van der Waals surface area contributed by atoms with Gasteiger partial charge in [0.05, 0.1) is 0 Å². The van der Waals surface area contributed by atoms with Crippen molar-refractivity contribution in [2.24, 2.45) is 5.41 Å². The van der Waals surface area contributed by atoms with Crippen LogP contribution in [0.5, 0.6) is 0 Å². The molecule has 0 spiro atoms. The zero-order chi connectivity index (χ0) is 14.0. The Labute approximate surface area is 116 Å². The SMILES string of the molecule is CNc1ncnc(N2CCCC(C)(C)C2)c1C(C)C. The van der Waals surface area contributed by atoms with Gasteiger partial charge in [-0.05, 0) is 24.2 Å². The van der Waals surface area contributed by atoms with Crippen molar-refractivity contribution in [1.29, 1.82) is 0 Å². The average Bonchev–Trinajstić information content (AvgIpc) is 2.36. The minimum atomic E-state index is 0.372. The van der Waals surface area contributed by atoms with Crippen LogP contribution < -0.4 is 10.2 Å². The maximum Gasteiger partial charge on any atom is 0.137 e. The van der Waals surface area contributed by atoms with Crippen molar-refractivity contribution in [2.75, 3.05) is 30.4 Å². The van der Waals surface area contributed by atoms with Crippen LogP contribution in [-0.2, 0) is 0 Å². The third kappa shape index (κ3) is 2.99. The van der Waals surface area contributed by atoms with Crippen molar-refractivity contribution in [1.82, 2.24) is 9.97 Å². The molecule has 1 saturated heterocycles. The third-order valence-corrected chi connectivity index (χ3v) is 3.88. The molecule has 0 saturated carbocycles. The van der Waals surface area contributed by atoms with Crippen molar-refractivity contribution < 1.29 is 0 Å². The molecule has 0 aromatic carbocycles. The van der Waals surface area contributed by atoms with Crippen molar-refractivity contribution in [3.8, 4) is 0 Å². The zero-order valence-electron chi connectivity index (χ0n) is 12.8. The molecule has 0 radical (unpaired) electrons. The Balaban J connectivity index is 2.38. The monoisotopic (exact) mass is 262 g/mol. The van der Waals surface area contributed by atoms with Crippen LogP contribution in [0.25, 0.3) is 0 Å². The van der Waals surface area contributed by atoms with Crippen molar-refractivity contribution >= 4 is 11.6 Å². The lowest BCUT2D eigenvalue weighted by molar-refractivity contribution is 0.291. The van der Waals surface area contributed by atoms with Gasteiger partial charge in [0.15, 0.2) is 0 Å². The Morgan fingerprint density at radius 3 is 2.63 bits per heavy atom. The van der Waals surface area contributed by atoms with E-state index in [2.05, 4.69) is 47.9 Å². The van der Waals surface area contributed by atoms with E-state index in [0.29, 0.717) is 11.3 Å². The molecule has 19 heavy (non-hydrogen) atoms. The van der Waals surface area contributed by atoms with Gasteiger partial charge >= 0.3 is 0 Å². The van der Waals surface area contributed by atoms with Gasteiger partial charge in [0.2, 0.25) is 0 Å². The van der Waals surface area contributed by atoms with E-state index < -0.39 is 0 Å². The molecular weight excluding hydrogens is 236 g/mol. The maximum absolute atomic E-state index is 4.57. The largest absolute Gasteiger partial charge is 0.373 e. The number of piperidine rings is 1. The van der Waals surface area contributed by atoms with E-state index >= 15 is 0 Å². The second kappa shape index (κ2) is 5.35. The fraction of sp³-hybridized carbons (Fsp3) is 0.733. The highest BCUT2D eigenvalue weighted by Gasteiger charge is 2.29. The molecule has 4 heteroatoms. The lowest BCUT2D eigenvalue weighted by Gasteiger charge is -2.39. The summed E-state index contributed by atoms with van der Waals surface area (Å²) in [5, 5.41) is 3.20. The molecule has 2 heterocycles. The molecule has 1 N–H and O–H groups in total. The maximum atomic E-state index is 4.57. The van der Waals surface area contributed by atoms with Crippen LogP contribution >= 0.6 is 0 Å². The van der Waals surface area contributed by atoms with Gasteiger partial charge in [0.1, 0.15) is 18.0 Å². The number of aromatic nitrogens is 2. The fourth-order valence-electron chi connectivity index (χ4n) is 2.97. The molecule has 0 atom stereocenters. The minimum absolute atomic E-state index is 0.372. The summed E-state index contributed by atoms with van der Waals surface area (Å²) < 4.78 is 0. The van der Waals surface area contributed by atoms with Gasteiger partial charge in [-0.2, -0.15) is 0 Å². The molecule has 1 aromatic rings. The van der Waals surface area contributed by atoms with Crippen LogP contribution in [0.1, 0.15) is 52.0 Å². The van der Waals surface area contributed by atoms with Gasteiger partial charge in [0, 0.05) is 25.7 Å². The molecule has 0 aliphatic carbocycles. The van der Waals surface area contributed by atoms with E-state index in [1.165, 1.54) is 18.4 Å². The van der Waals surface area contributed by atoms with E-state index in [-0.39, 0.29) is 0 Å². The molecule has 1 aliphatic rings. The van der Waals surface area contributed by atoms with E-state index in [9.17, 15) is 0 Å². The number of nitrogens with one attached hydrogen (secondary N) is 1. The summed E-state index contributed by atoms with van der Waals surface area (Å²) in [5.41, 5.74) is 1.61.